The van der Waals surface area contributed by atoms with E-state index in [1.165, 1.54) is 19.2 Å². The molecule has 0 fully saturated rings. The molecule has 0 aliphatic heterocycles. The molecule has 25 heavy (non-hydrogen) atoms. The van der Waals surface area contributed by atoms with Gasteiger partial charge in [-0.2, -0.15) is 0 Å². The van der Waals surface area contributed by atoms with Crippen molar-refractivity contribution in [1.29, 1.82) is 0 Å². The van der Waals surface area contributed by atoms with E-state index in [-0.39, 0.29) is 31.2 Å². The van der Waals surface area contributed by atoms with Crippen LogP contribution in [-0.2, 0) is 16.1 Å². The molecule has 0 bridgehead atoms. The zero-order valence-corrected chi connectivity index (χ0v) is 13.6. The maximum Gasteiger partial charge on any atom is 0.325 e. The molecule has 0 aliphatic rings. The van der Waals surface area contributed by atoms with Crippen LogP contribution in [0.4, 0.5) is 8.78 Å². The third-order valence-corrected chi connectivity index (χ3v) is 3.07. The first-order chi connectivity index (χ1) is 11.9. The number of ether oxygens (including phenoxy) is 2. The van der Waals surface area contributed by atoms with Gasteiger partial charge in [0.2, 0.25) is 0 Å². The highest BCUT2D eigenvalue weighted by molar-refractivity contribution is 5.94. The first-order valence-electron chi connectivity index (χ1n) is 7.35. The lowest BCUT2D eigenvalue weighted by Gasteiger charge is -2.13. The van der Waals surface area contributed by atoms with Gasteiger partial charge in [-0.05, 0) is 19.1 Å². The van der Waals surface area contributed by atoms with Gasteiger partial charge in [0.15, 0.2) is 28.8 Å². The molecule has 7 nitrogen and oxygen atoms in total. The average molecular weight is 354 g/mol. The number of aromatic nitrogens is 1. The Kier molecular flexibility index (Phi) is 6.04. The van der Waals surface area contributed by atoms with Gasteiger partial charge in [0.25, 0.3) is 5.91 Å². The molecule has 2 aromatic rings. The fourth-order valence-electron chi connectivity index (χ4n) is 1.91. The molecule has 0 N–H and O–H groups in total. The molecule has 1 heterocycles. The molecular weight excluding hydrogens is 338 g/mol. The zero-order chi connectivity index (χ0) is 18.4. The maximum absolute atomic E-state index is 13.5. The van der Waals surface area contributed by atoms with Gasteiger partial charge < -0.3 is 18.9 Å². The molecule has 2 rings (SSSR count). The summed E-state index contributed by atoms with van der Waals surface area (Å²) in [5.74, 6) is -3.29. The number of esters is 1. The lowest BCUT2D eigenvalue weighted by Crippen LogP contribution is -2.33. The number of rotatable bonds is 7. The molecule has 0 aliphatic carbocycles. The fraction of sp³-hybridized carbons (Fsp3) is 0.312. The van der Waals surface area contributed by atoms with Crippen molar-refractivity contribution < 1.29 is 32.4 Å². The number of hydrogen-bond acceptors (Lipinski definition) is 6. The van der Waals surface area contributed by atoms with Gasteiger partial charge in [-0.3, -0.25) is 9.59 Å². The number of nitrogens with zero attached hydrogens (tertiary/aromatic N) is 2. The molecule has 0 unspecified atom stereocenters. The van der Waals surface area contributed by atoms with Crippen molar-refractivity contribution in [2.75, 3.05) is 20.2 Å². The van der Waals surface area contributed by atoms with Crippen molar-refractivity contribution in [3.63, 3.8) is 0 Å². The minimum Gasteiger partial charge on any atom is -0.479 e. The second-order valence-corrected chi connectivity index (χ2v) is 4.98. The Hall–Kier alpha value is -2.97. The van der Waals surface area contributed by atoms with E-state index in [4.69, 9.17) is 14.0 Å². The second kappa shape index (κ2) is 8.22. The normalized spacial score (nSPS) is 10.4. The Bertz CT molecular complexity index is 742. The number of halogens is 2. The van der Waals surface area contributed by atoms with Crippen LogP contribution in [0.5, 0.6) is 5.75 Å². The zero-order valence-electron chi connectivity index (χ0n) is 13.6. The molecule has 0 atom stereocenters. The summed E-state index contributed by atoms with van der Waals surface area (Å²) in [6.07, 6.45) is 0. The lowest BCUT2D eigenvalue weighted by molar-refractivity contribution is -0.143. The monoisotopic (exact) mass is 354 g/mol. The van der Waals surface area contributed by atoms with Crippen LogP contribution < -0.4 is 4.74 Å². The average Bonchev–Trinajstić information content (AvgIpc) is 3.02. The van der Waals surface area contributed by atoms with Gasteiger partial charge in [0, 0.05) is 13.1 Å². The minimum atomic E-state index is -0.856. The van der Waals surface area contributed by atoms with Gasteiger partial charge in [0.05, 0.1) is 6.61 Å². The molecule has 134 valence electrons. The van der Waals surface area contributed by atoms with Crippen molar-refractivity contribution in [1.82, 2.24) is 10.1 Å². The topological polar surface area (TPSA) is 81.9 Å². The summed E-state index contributed by atoms with van der Waals surface area (Å²) < 4.78 is 41.6. The van der Waals surface area contributed by atoms with Gasteiger partial charge in [-0.1, -0.05) is 11.2 Å². The van der Waals surface area contributed by atoms with Crippen molar-refractivity contribution in [2.45, 2.75) is 13.5 Å². The first kappa shape index (κ1) is 18.4. The first-order valence-corrected chi connectivity index (χ1v) is 7.35. The summed E-state index contributed by atoms with van der Waals surface area (Å²) in [5.41, 5.74) is -0.0700. The number of benzene rings is 1. The van der Waals surface area contributed by atoms with Crippen LogP contribution in [0.15, 0.2) is 28.8 Å². The van der Waals surface area contributed by atoms with Crippen molar-refractivity contribution in [3.8, 4) is 5.75 Å². The highest BCUT2D eigenvalue weighted by Gasteiger charge is 2.20. The van der Waals surface area contributed by atoms with Crippen LogP contribution in [0.25, 0.3) is 0 Å². The second-order valence-electron chi connectivity index (χ2n) is 4.98. The predicted molar refractivity (Wildman–Crippen MR) is 80.8 cm³/mol. The third kappa shape index (κ3) is 4.75. The molecule has 0 spiro atoms. The predicted octanol–water partition coefficient (Wildman–Crippen LogP) is 2.17. The summed E-state index contributed by atoms with van der Waals surface area (Å²) >= 11 is 0. The number of carbonyl (C=O) groups excluding carboxylic acids is 2. The lowest BCUT2D eigenvalue weighted by atomic mass is 10.3. The number of carbonyl (C=O) groups is 2. The Balaban J connectivity index is 1.97. The smallest absolute Gasteiger partial charge is 0.325 e. The number of amides is 1. The van der Waals surface area contributed by atoms with Crippen molar-refractivity contribution in [3.05, 3.63) is 47.4 Å². The van der Waals surface area contributed by atoms with E-state index in [0.717, 1.165) is 17.0 Å². The van der Waals surface area contributed by atoms with Gasteiger partial charge in [-0.25, -0.2) is 8.78 Å². The number of hydrogen-bond donors (Lipinski definition) is 0. The van der Waals surface area contributed by atoms with E-state index in [1.54, 1.807) is 6.92 Å². The van der Waals surface area contributed by atoms with E-state index >= 15 is 0 Å². The molecule has 0 radical (unpaired) electrons. The quantitative estimate of drug-likeness (QED) is 0.709. The highest BCUT2D eigenvalue weighted by Crippen LogP contribution is 2.22. The van der Waals surface area contributed by atoms with Crippen LogP contribution in [0.1, 0.15) is 23.2 Å². The van der Waals surface area contributed by atoms with Crippen molar-refractivity contribution >= 4 is 11.9 Å². The summed E-state index contributed by atoms with van der Waals surface area (Å²) in [7, 11) is 1.40. The van der Waals surface area contributed by atoms with Crippen molar-refractivity contribution in [2.24, 2.45) is 0 Å². The minimum absolute atomic E-state index is 0.0700. The Morgan fingerprint density at radius 3 is 2.60 bits per heavy atom. The standard InChI is InChI=1S/C16H16F2N2O5/c1-3-23-14(21)8-20(2)16(22)13-7-10(25-19-13)9-24-15-11(17)5-4-6-12(15)18/h4-7H,3,8-9H2,1-2H3. The molecular formula is C16H16F2N2O5. The molecule has 1 amide bonds. The summed E-state index contributed by atoms with van der Waals surface area (Å²) in [6.45, 7) is 1.30. The van der Waals surface area contributed by atoms with E-state index in [1.807, 2.05) is 0 Å². The third-order valence-electron chi connectivity index (χ3n) is 3.07. The SMILES string of the molecule is CCOC(=O)CN(C)C(=O)c1cc(COc2c(F)cccc2F)on1. The van der Waals surface area contributed by atoms with E-state index in [2.05, 4.69) is 5.16 Å². The van der Waals surface area contributed by atoms with Crippen LogP contribution in [0.2, 0.25) is 0 Å². The van der Waals surface area contributed by atoms with E-state index < -0.39 is 29.3 Å². The van der Waals surface area contributed by atoms with Gasteiger partial charge >= 0.3 is 5.97 Å². The van der Waals surface area contributed by atoms with Gasteiger partial charge in [0.1, 0.15) is 13.2 Å². The van der Waals surface area contributed by atoms with E-state index in [9.17, 15) is 18.4 Å². The van der Waals surface area contributed by atoms with Crippen LogP contribution in [0.3, 0.4) is 0 Å². The highest BCUT2D eigenvalue weighted by atomic mass is 19.1. The largest absolute Gasteiger partial charge is 0.479 e. The van der Waals surface area contributed by atoms with E-state index in [0.29, 0.717) is 0 Å². The summed E-state index contributed by atoms with van der Waals surface area (Å²) in [5, 5.41) is 3.56. The number of likely N-dealkylation sites (N-methyl/N-ethyl adjacent to an activating group) is 1. The maximum atomic E-state index is 13.5. The molecule has 0 saturated heterocycles. The summed E-state index contributed by atoms with van der Waals surface area (Å²) in [6, 6.07) is 4.58. The Labute approximate surface area is 142 Å². The molecule has 0 saturated carbocycles. The Morgan fingerprint density at radius 2 is 1.96 bits per heavy atom. The molecule has 9 heteroatoms. The Morgan fingerprint density at radius 1 is 1.28 bits per heavy atom. The van der Waals surface area contributed by atoms with Crippen LogP contribution in [-0.4, -0.2) is 42.1 Å². The van der Waals surface area contributed by atoms with Crippen LogP contribution in [0, 0.1) is 11.6 Å². The van der Waals surface area contributed by atoms with Crippen LogP contribution >= 0.6 is 0 Å². The molecule has 1 aromatic carbocycles. The fourth-order valence-corrected chi connectivity index (χ4v) is 1.91. The molecule has 1 aromatic heterocycles. The number of para-hydroxylation sites is 1. The summed E-state index contributed by atoms with van der Waals surface area (Å²) in [4.78, 5) is 24.6. The van der Waals surface area contributed by atoms with Gasteiger partial charge in [-0.15, -0.1) is 0 Å².